The fourth-order valence-electron chi connectivity index (χ4n) is 4.84. The van der Waals surface area contributed by atoms with Gasteiger partial charge in [-0.25, -0.2) is 8.42 Å². The van der Waals surface area contributed by atoms with Crippen LogP contribution in [0.4, 0.5) is 5.69 Å². The fourth-order valence-corrected chi connectivity index (χ4v) is 6.44. The molecule has 0 saturated heterocycles. The maximum Gasteiger partial charge on any atom is 0.265 e. The molecule has 0 heterocycles. The Labute approximate surface area is 271 Å². The highest BCUT2D eigenvalue weighted by molar-refractivity contribution is 7.92. The lowest BCUT2D eigenvalue weighted by molar-refractivity contribution is -0.140. The van der Waals surface area contributed by atoms with Crippen molar-refractivity contribution in [2.45, 2.75) is 64.1 Å². The summed E-state index contributed by atoms with van der Waals surface area (Å²) in [5.41, 5.74) is 1.84. The zero-order valence-electron chi connectivity index (χ0n) is 26.8. The minimum Gasteiger partial charge on any atom is -0.495 e. The average molecular weight is 660 g/mol. The third-order valence-corrected chi connectivity index (χ3v) is 9.44. The molecule has 0 saturated carbocycles. The Hall–Kier alpha value is -3.96. The highest BCUT2D eigenvalue weighted by Gasteiger charge is 2.35. The number of nitrogens with zero attached hydrogens (tertiary/aromatic N) is 2. The van der Waals surface area contributed by atoms with Crippen molar-refractivity contribution in [3.05, 3.63) is 76.8 Å². The van der Waals surface area contributed by atoms with Crippen LogP contribution in [0.25, 0.3) is 0 Å². The molecule has 0 unspecified atom stereocenters. The number of sulfonamides is 1. The van der Waals surface area contributed by atoms with Gasteiger partial charge in [-0.1, -0.05) is 55.3 Å². The second-order valence-electron chi connectivity index (χ2n) is 10.6. The van der Waals surface area contributed by atoms with Gasteiger partial charge in [0.15, 0.2) is 11.5 Å². The second kappa shape index (κ2) is 15.9. The van der Waals surface area contributed by atoms with Gasteiger partial charge in [0.1, 0.15) is 18.3 Å². The van der Waals surface area contributed by atoms with E-state index in [4.69, 9.17) is 25.8 Å². The Bertz CT molecular complexity index is 1600. The van der Waals surface area contributed by atoms with Gasteiger partial charge in [-0.15, -0.1) is 0 Å². The largest absolute Gasteiger partial charge is 0.495 e. The third-order valence-electron chi connectivity index (χ3n) is 7.45. The van der Waals surface area contributed by atoms with Crippen molar-refractivity contribution in [2.24, 2.45) is 0 Å². The van der Waals surface area contributed by atoms with Crippen molar-refractivity contribution in [1.29, 1.82) is 0 Å². The Morgan fingerprint density at radius 1 is 0.889 bits per heavy atom. The van der Waals surface area contributed by atoms with E-state index in [9.17, 15) is 18.0 Å². The molecule has 3 aromatic carbocycles. The Morgan fingerprint density at radius 3 is 2.16 bits per heavy atom. The zero-order chi connectivity index (χ0) is 33.3. The summed E-state index contributed by atoms with van der Waals surface area (Å²) in [5, 5.41) is 3.21. The second-order valence-corrected chi connectivity index (χ2v) is 12.9. The van der Waals surface area contributed by atoms with Crippen LogP contribution in [0.3, 0.4) is 0 Å². The Balaban J connectivity index is 2.18. The van der Waals surface area contributed by atoms with Crippen LogP contribution < -0.4 is 23.8 Å². The number of hydrogen-bond donors (Lipinski definition) is 1. The number of hydrogen-bond acceptors (Lipinski definition) is 7. The van der Waals surface area contributed by atoms with Gasteiger partial charge in [0, 0.05) is 23.7 Å². The van der Waals surface area contributed by atoms with Crippen LogP contribution in [0.15, 0.2) is 65.6 Å². The predicted octanol–water partition coefficient (Wildman–Crippen LogP) is 5.59. The molecule has 3 aromatic rings. The van der Waals surface area contributed by atoms with E-state index in [2.05, 4.69) is 5.32 Å². The number of ether oxygens (including phenoxy) is 3. The molecule has 0 aromatic heterocycles. The number of carbonyl (C=O) groups is 2. The van der Waals surface area contributed by atoms with E-state index < -0.39 is 28.5 Å². The summed E-state index contributed by atoms with van der Waals surface area (Å²) >= 11 is 6.34. The molecular weight excluding hydrogens is 618 g/mol. The van der Waals surface area contributed by atoms with E-state index in [0.717, 1.165) is 15.4 Å². The number of carbonyl (C=O) groups excluding carboxylic acids is 2. The molecule has 2 amide bonds. The van der Waals surface area contributed by atoms with Crippen molar-refractivity contribution < 1.29 is 32.2 Å². The van der Waals surface area contributed by atoms with Crippen molar-refractivity contribution in [3.63, 3.8) is 0 Å². The quantitative estimate of drug-likeness (QED) is 0.226. The molecule has 12 heteroatoms. The van der Waals surface area contributed by atoms with Gasteiger partial charge in [-0.3, -0.25) is 13.9 Å². The van der Waals surface area contributed by atoms with Crippen molar-refractivity contribution >= 4 is 39.1 Å². The SMILES string of the molecule is CC[C@H](C(=O)N[C@@H](C)CC)N(Cc1cccc(C)c1)C(=O)CN(c1cc(Cl)ccc1OC)S(=O)(=O)c1ccc(OC)c(OC)c1. The first-order valence-electron chi connectivity index (χ1n) is 14.6. The van der Waals surface area contributed by atoms with E-state index in [0.29, 0.717) is 18.6 Å². The van der Waals surface area contributed by atoms with Crippen LogP contribution in [0, 0.1) is 6.92 Å². The molecule has 0 bridgehead atoms. The van der Waals surface area contributed by atoms with Crippen LogP contribution >= 0.6 is 11.6 Å². The standard InChI is InChI=1S/C33H42ClN3O7S/c1-8-23(4)35-33(39)27(9-2)36(20-24-12-10-11-22(3)17-24)32(38)21-37(28-18-25(34)13-15-29(28)42-5)45(40,41)26-14-16-30(43-6)31(19-26)44-7/h10-19,23,27H,8-9,20-21H2,1-7H3,(H,35,39)/t23-,27+/m0/s1. The van der Waals surface area contributed by atoms with Crippen molar-refractivity contribution in [2.75, 3.05) is 32.2 Å². The lowest BCUT2D eigenvalue weighted by Gasteiger charge is -2.34. The summed E-state index contributed by atoms with van der Waals surface area (Å²) in [4.78, 5) is 29.2. The monoisotopic (exact) mass is 659 g/mol. The normalized spacial score (nSPS) is 12.5. The number of methoxy groups -OCH3 is 3. The third kappa shape index (κ3) is 8.61. The highest BCUT2D eigenvalue weighted by atomic mass is 35.5. The van der Waals surface area contributed by atoms with Gasteiger partial charge in [-0.2, -0.15) is 0 Å². The summed E-state index contributed by atoms with van der Waals surface area (Å²) in [6, 6.07) is 15.3. The van der Waals surface area contributed by atoms with Crippen molar-refractivity contribution in [1.82, 2.24) is 10.2 Å². The minimum absolute atomic E-state index is 0.0562. The molecule has 1 N–H and O–H groups in total. The molecule has 0 spiro atoms. The summed E-state index contributed by atoms with van der Waals surface area (Å²) in [7, 11) is -0.199. The molecule has 244 valence electrons. The summed E-state index contributed by atoms with van der Waals surface area (Å²) in [6.07, 6.45) is 1.02. The van der Waals surface area contributed by atoms with E-state index in [1.165, 1.54) is 56.6 Å². The first-order chi connectivity index (χ1) is 21.4. The maximum absolute atomic E-state index is 14.4. The summed E-state index contributed by atoms with van der Waals surface area (Å²) in [6.45, 7) is 7.04. The first kappa shape index (κ1) is 35.5. The molecule has 0 aliphatic carbocycles. The molecule has 0 fully saturated rings. The molecule has 10 nitrogen and oxygen atoms in total. The molecule has 2 atom stereocenters. The molecule has 0 aliphatic heterocycles. The number of halogens is 1. The van der Waals surface area contributed by atoms with Crippen LogP contribution in [0.2, 0.25) is 5.02 Å². The Kier molecular flexibility index (Phi) is 12.5. The molecule has 3 rings (SSSR count). The smallest absolute Gasteiger partial charge is 0.265 e. The van der Waals surface area contributed by atoms with Crippen LogP contribution in [-0.4, -0.2) is 65.1 Å². The molecule has 45 heavy (non-hydrogen) atoms. The van der Waals surface area contributed by atoms with E-state index >= 15 is 0 Å². The Morgan fingerprint density at radius 2 is 1.56 bits per heavy atom. The number of nitrogens with one attached hydrogen (secondary N) is 1. The lowest BCUT2D eigenvalue weighted by Crippen LogP contribution is -2.53. The van der Waals surface area contributed by atoms with Gasteiger partial charge in [0.2, 0.25) is 11.8 Å². The minimum atomic E-state index is -4.43. The topological polar surface area (TPSA) is 114 Å². The molecule has 0 aliphatic rings. The highest BCUT2D eigenvalue weighted by Crippen LogP contribution is 2.37. The van der Waals surface area contributed by atoms with Gasteiger partial charge >= 0.3 is 0 Å². The number of amides is 2. The van der Waals surface area contributed by atoms with E-state index in [1.54, 1.807) is 6.07 Å². The number of aryl methyl sites for hydroxylation is 1. The van der Waals surface area contributed by atoms with E-state index in [1.807, 2.05) is 52.0 Å². The lowest BCUT2D eigenvalue weighted by atomic mass is 10.1. The van der Waals surface area contributed by atoms with Crippen LogP contribution in [-0.2, 0) is 26.2 Å². The zero-order valence-corrected chi connectivity index (χ0v) is 28.4. The molecular formula is C33H42ClN3O7S. The first-order valence-corrected chi connectivity index (χ1v) is 16.5. The van der Waals surface area contributed by atoms with Gasteiger partial charge < -0.3 is 24.4 Å². The van der Waals surface area contributed by atoms with Crippen LogP contribution in [0.1, 0.15) is 44.7 Å². The van der Waals surface area contributed by atoms with Crippen LogP contribution in [0.5, 0.6) is 17.2 Å². The maximum atomic E-state index is 14.4. The number of rotatable bonds is 15. The number of anilines is 1. The predicted molar refractivity (Wildman–Crippen MR) is 176 cm³/mol. The average Bonchev–Trinajstić information content (AvgIpc) is 3.02. The van der Waals surface area contributed by atoms with Gasteiger partial charge in [0.05, 0.1) is 31.9 Å². The van der Waals surface area contributed by atoms with Crippen molar-refractivity contribution in [3.8, 4) is 17.2 Å². The molecule has 0 radical (unpaired) electrons. The summed E-state index contributed by atoms with van der Waals surface area (Å²) in [5.74, 6) is -0.196. The van der Waals surface area contributed by atoms with E-state index in [-0.39, 0.29) is 45.6 Å². The van der Waals surface area contributed by atoms with Gasteiger partial charge in [-0.05, 0) is 62.6 Å². The fraction of sp³-hybridized carbons (Fsp3) is 0.394. The number of benzene rings is 3. The summed E-state index contributed by atoms with van der Waals surface area (Å²) < 4.78 is 45.9. The van der Waals surface area contributed by atoms with Gasteiger partial charge in [0.25, 0.3) is 10.0 Å².